The largest absolute Gasteiger partial charge is 0.470 e. The van der Waals surface area contributed by atoms with Crippen LogP contribution in [-0.2, 0) is 4.74 Å². The van der Waals surface area contributed by atoms with Crippen LogP contribution in [0.15, 0.2) is 47.6 Å². The number of anilines is 1. The van der Waals surface area contributed by atoms with Crippen LogP contribution in [0, 0.1) is 19.9 Å². The smallest absolute Gasteiger partial charge is 0.443 e. The lowest BCUT2D eigenvalue weighted by molar-refractivity contribution is -0.0791. The second kappa shape index (κ2) is 5.61. The molecule has 2 aromatic carbocycles. The highest BCUT2D eigenvalue weighted by atomic mass is 19.4. The van der Waals surface area contributed by atoms with Gasteiger partial charge in [0.1, 0.15) is 0 Å². The molecule has 3 nitrogen and oxygen atoms in total. The van der Waals surface area contributed by atoms with E-state index in [4.69, 9.17) is 4.74 Å². The Morgan fingerprint density at radius 3 is 2.52 bits per heavy atom. The van der Waals surface area contributed by atoms with Crippen LogP contribution in [0.1, 0.15) is 22.9 Å². The minimum atomic E-state index is -4.63. The van der Waals surface area contributed by atoms with Gasteiger partial charge in [0.05, 0.1) is 5.69 Å². The molecular formula is C17H14F3N2O. The molecule has 1 radical (unpaired) electrons. The summed E-state index contributed by atoms with van der Waals surface area (Å²) in [6.45, 7) is 3.62. The van der Waals surface area contributed by atoms with Gasteiger partial charge in [-0.05, 0) is 37.1 Å². The molecule has 1 atom stereocenters. The van der Waals surface area contributed by atoms with Gasteiger partial charge in [-0.3, -0.25) is 0 Å². The van der Waals surface area contributed by atoms with Crippen molar-refractivity contribution < 1.29 is 17.9 Å². The number of para-hydroxylation sites is 1. The summed E-state index contributed by atoms with van der Waals surface area (Å²) in [5, 5.41) is 4.96. The fourth-order valence-electron chi connectivity index (χ4n) is 2.45. The van der Waals surface area contributed by atoms with Crippen LogP contribution in [-0.4, -0.2) is 12.1 Å². The average Bonchev–Trinajstić information content (AvgIpc) is 2.93. The molecule has 1 aliphatic rings. The maximum absolute atomic E-state index is 13.1. The van der Waals surface area contributed by atoms with E-state index in [2.05, 4.69) is 11.2 Å². The Bertz CT molecular complexity index is 755. The summed E-state index contributed by atoms with van der Waals surface area (Å²) in [5.41, 5.74) is 2.79. The van der Waals surface area contributed by atoms with Gasteiger partial charge < -0.3 is 4.74 Å². The Labute approximate surface area is 132 Å². The summed E-state index contributed by atoms with van der Waals surface area (Å²) >= 11 is 0. The van der Waals surface area contributed by atoms with Crippen LogP contribution in [0.25, 0.3) is 0 Å². The third-order valence-electron chi connectivity index (χ3n) is 3.63. The number of nitrogens with zero attached hydrogens (tertiary/aromatic N) is 2. The average molecular weight is 319 g/mol. The van der Waals surface area contributed by atoms with Gasteiger partial charge in [0.15, 0.2) is 0 Å². The van der Waals surface area contributed by atoms with Gasteiger partial charge in [0.2, 0.25) is 6.23 Å². The first-order valence-corrected chi connectivity index (χ1v) is 7.02. The Morgan fingerprint density at radius 1 is 1.13 bits per heavy atom. The van der Waals surface area contributed by atoms with Crippen LogP contribution >= 0.6 is 0 Å². The van der Waals surface area contributed by atoms with Gasteiger partial charge in [-0.2, -0.15) is 13.2 Å². The fourth-order valence-corrected chi connectivity index (χ4v) is 2.45. The van der Waals surface area contributed by atoms with Gasteiger partial charge in [-0.25, -0.2) is 5.01 Å². The first-order chi connectivity index (χ1) is 10.9. The van der Waals surface area contributed by atoms with Gasteiger partial charge in [0, 0.05) is 5.56 Å². The lowest BCUT2D eigenvalue weighted by Crippen LogP contribution is -2.24. The third-order valence-corrected chi connectivity index (χ3v) is 3.63. The Kier molecular flexibility index (Phi) is 3.75. The number of alkyl halides is 3. The van der Waals surface area contributed by atoms with E-state index in [1.807, 2.05) is 19.1 Å². The molecule has 3 rings (SSSR count). The fraction of sp³-hybridized carbons (Fsp3) is 0.235. The SMILES string of the molecule is Cc1c[c]ccc1C1OC(C(F)(F)F)=NN1c1ccccc1C. The van der Waals surface area contributed by atoms with Crippen LogP contribution in [0.3, 0.4) is 0 Å². The number of hydrogen-bond donors (Lipinski definition) is 0. The minimum Gasteiger partial charge on any atom is -0.443 e. The molecule has 0 amide bonds. The first kappa shape index (κ1) is 15.4. The minimum absolute atomic E-state index is 0.573. The molecule has 1 unspecified atom stereocenters. The quantitative estimate of drug-likeness (QED) is 0.813. The zero-order chi connectivity index (χ0) is 16.6. The molecule has 0 N–H and O–H groups in total. The van der Waals surface area contributed by atoms with E-state index >= 15 is 0 Å². The van der Waals surface area contributed by atoms with E-state index in [9.17, 15) is 13.2 Å². The number of halogens is 3. The molecule has 1 heterocycles. The monoisotopic (exact) mass is 319 g/mol. The van der Waals surface area contributed by atoms with E-state index in [1.54, 1.807) is 37.3 Å². The maximum atomic E-state index is 13.1. The molecule has 6 heteroatoms. The van der Waals surface area contributed by atoms with Crippen molar-refractivity contribution in [3.63, 3.8) is 0 Å². The highest BCUT2D eigenvalue weighted by molar-refractivity contribution is 5.85. The topological polar surface area (TPSA) is 24.8 Å². The molecule has 0 aliphatic carbocycles. The third kappa shape index (κ3) is 2.88. The molecule has 119 valence electrons. The van der Waals surface area contributed by atoms with Gasteiger partial charge >= 0.3 is 12.1 Å². The summed E-state index contributed by atoms with van der Waals surface area (Å²) in [6.07, 6.45) is -5.59. The standard InChI is InChI=1S/C17H14F3N2O/c1-11-7-3-5-9-13(11)15-22(14-10-6-4-8-12(14)2)21-16(23-15)17(18,19)20/h4-10,15H,1-2H3. The van der Waals surface area contributed by atoms with Crippen LogP contribution < -0.4 is 5.01 Å². The van der Waals surface area contributed by atoms with Crippen molar-refractivity contribution in [2.45, 2.75) is 26.3 Å². The molecule has 0 aromatic heterocycles. The highest BCUT2D eigenvalue weighted by Crippen LogP contribution is 2.39. The van der Waals surface area contributed by atoms with Gasteiger partial charge in [-0.15, -0.1) is 5.10 Å². The molecule has 0 fully saturated rings. The van der Waals surface area contributed by atoms with E-state index < -0.39 is 18.3 Å². The van der Waals surface area contributed by atoms with Crippen LogP contribution in [0.5, 0.6) is 0 Å². The molecule has 0 saturated carbocycles. The molecule has 0 spiro atoms. The summed E-state index contributed by atoms with van der Waals surface area (Å²) in [7, 11) is 0. The van der Waals surface area contributed by atoms with Crippen molar-refractivity contribution in [3.8, 4) is 0 Å². The Hall–Kier alpha value is -2.50. The van der Waals surface area contributed by atoms with E-state index in [0.29, 0.717) is 11.3 Å². The van der Waals surface area contributed by atoms with Crippen molar-refractivity contribution in [2.75, 3.05) is 5.01 Å². The molecule has 2 aromatic rings. The molecule has 1 aliphatic heterocycles. The zero-order valence-corrected chi connectivity index (χ0v) is 12.6. The predicted octanol–water partition coefficient (Wildman–Crippen LogP) is 4.51. The van der Waals surface area contributed by atoms with Gasteiger partial charge in [-0.1, -0.05) is 36.4 Å². The van der Waals surface area contributed by atoms with Crippen molar-refractivity contribution in [2.24, 2.45) is 5.10 Å². The van der Waals surface area contributed by atoms with E-state index in [1.165, 1.54) is 5.01 Å². The lowest BCUT2D eigenvalue weighted by atomic mass is 10.1. The number of hydrogen-bond acceptors (Lipinski definition) is 3. The second-order valence-electron chi connectivity index (χ2n) is 5.29. The first-order valence-electron chi connectivity index (χ1n) is 7.02. The highest BCUT2D eigenvalue weighted by Gasteiger charge is 2.46. The van der Waals surface area contributed by atoms with Crippen molar-refractivity contribution in [1.29, 1.82) is 0 Å². The summed E-state index contributed by atoms with van der Waals surface area (Å²) < 4.78 is 44.3. The van der Waals surface area contributed by atoms with Crippen molar-refractivity contribution in [1.82, 2.24) is 0 Å². The summed E-state index contributed by atoms with van der Waals surface area (Å²) in [6, 6.07) is 15.1. The van der Waals surface area contributed by atoms with Crippen LogP contribution in [0.4, 0.5) is 18.9 Å². The number of ether oxygens (including phenoxy) is 1. The molecule has 0 saturated heterocycles. The summed E-state index contributed by atoms with van der Waals surface area (Å²) in [4.78, 5) is 0. The van der Waals surface area contributed by atoms with Crippen molar-refractivity contribution >= 4 is 11.6 Å². The number of aryl methyl sites for hydroxylation is 2. The normalized spacial score (nSPS) is 17.9. The Balaban J connectivity index is 2.09. The van der Waals surface area contributed by atoms with Crippen LogP contribution in [0.2, 0.25) is 0 Å². The van der Waals surface area contributed by atoms with E-state index in [-0.39, 0.29) is 0 Å². The Morgan fingerprint density at radius 2 is 1.87 bits per heavy atom. The number of benzene rings is 2. The summed E-state index contributed by atoms with van der Waals surface area (Å²) in [5.74, 6) is -1.24. The number of hydrazone groups is 1. The van der Waals surface area contributed by atoms with E-state index in [0.717, 1.165) is 11.1 Å². The number of rotatable bonds is 2. The second-order valence-corrected chi connectivity index (χ2v) is 5.29. The van der Waals surface area contributed by atoms with Crippen molar-refractivity contribution in [3.05, 3.63) is 65.2 Å². The maximum Gasteiger partial charge on any atom is 0.470 e. The molecular weight excluding hydrogens is 305 g/mol. The zero-order valence-electron chi connectivity index (χ0n) is 12.6. The predicted molar refractivity (Wildman–Crippen MR) is 81.0 cm³/mol. The molecule has 23 heavy (non-hydrogen) atoms. The lowest BCUT2D eigenvalue weighted by Gasteiger charge is -2.24. The molecule has 0 bridgehead atoms. The van der Waals surface area contributed by atoms with Gasteiger partial charge in [0.25, 0.3) is 0 Å².